The summed E-state index contributed by atoms with van der Waals surface area (Å²) in [7, 11) is 0. The van der Waals surface area contributed by atoms with Crippen LogP contribution >= 0.6 is 11.3 Å². The first-order valence-corrected chi connectivity index (χ1v) is 6.75. The molecule has 0 fully saturated rings. The van der Waals surface area contributed by atoms with Crippen LogP contribution in [0.4, 0.5) is 18.9 Å². The third-order valence-electron chi connectivity index (χ3n) is 2.78. The van der Waals surface area contributed by atoms with Gasteiger partial charge in [-0.3, -0.25) is 0 Å². The van der Waals surface area contributed by atoms with Crippen LogP contribution in [0.1, 0.15) is 5.56 Å². The van der Waals surface area contributed by atoms with E-state index in [1.807, 2.05) is 0 Å². The van der Waals surface area contributed by atoms with Crippen molar-refractivity contribution in [1.29, 1.82) is 0 Å². The fraction of sp³-hybridized carbons (Fsp3) is 0.0714. The van der Waals surface area contributed by atoms with E-state index in [1.165, 1.54) is 23.5 Å². The highest BCUT2D eigenvalue weighted by molar-refractivity contribution is 7.20. The van der Waals surface area contributed by atoms with E-state index in [0.717, 1.165) is 22.3 Å². The zero-order valence-electron chi connectivity index (χ0n) is 10.5. The van der Waals surface area contributed by atoms with Gasteiger partial charge in [-0.25, -0.2) is 4.98 Å². The predicted molar refractivity (Wildman–Crippen MR) is 75.6 cm³/mol. The lowest BCUT2D eigenvalue weighted by atomic mass is 10.2. The first kappa shape index (κ1) is 13.7. The second kappa shape index (κ2) is 4.92. The normalized spacial score (nSPS) is 11.8. The van der Waals surface area contributed by atoms with Gasteiger partial charge < -0.3 is 10.5 Å². The van der Waals surface area contributed by atoms with Gasteiger partial charge in [0.2, 0.25) is 0 Å². The van der Waals surface area contributed by atoms with Gasteiger partial charge in [0.15, 0.2) is 0 Å². The summed E-state index contributed by atoms with van der Waals surface area (Å²) >= 11 is 1.28. The predicted octanol–water partition coefficient (Wildman–Crippen LogP) is 4.69. The molecule has 21 heavy (non-hydrogen) atoms. The number of benzene rings is 2. The maximum absolute atomic E-state index is 12.5. The van der Waals surface area contributed by atoms with Gasteiger partial charge in [0, 0.05) is 5.69 Å². The number of hydrogen-bond donors (Lipinski definition) is 1. The summed E-state index contributed by atoms with van der Waals surface area (Å²) in [6.45, 7) is 0. The molecule has 0 spiro atoms. The second-order valence-electron chi connectivity index (χ2n) is 4.33. The largest absolute Gasteiger partial charge is 0.431 e. The quantitative estimate of drug-likeness (QED) is 0.699. The van der Waals surface area contributed by atoms with Gasteiger partial charge in [-0.05, 0) is 42.5 Å². The van der Waals surface area contributed by atoms with Crippen molar-refractivity contribution in [3.8, 4) is 10.9 Å². The minimum Gasteiger partial charge on any atom is -0.431 e. The van der Waals surface area contributed by atoms with Gasteiger partial charge in [-0.1, -0.05) is 11.3 Å². The summed E-state index contributed by atoms with van der Waals surface area (Å²) in [5, 5.41) is 0.357. The Balaban J connectivity index is 1.84. The van der Waals surface area contributed by atoms with Crippen molar-refractivity contribution in [2.75, 3.05) is 5.73 Å². The molecule has 3 rings (SSSR count). The number of anilines is 1. The first-order valence-electron chi connectivity index (χ1n) is 5.93. The monoisotopic (exact) mass is 310 g/mol. The van der Waals surface area contributed by atoms with E-state index in [-0.39, 0.29) is 0 Å². The molecule has 3 nitrogen and oxygen atoms in total. The molecule has 0 amide bonds. The molecule has 2 N–H and O–H groups in total. The van der Waals surface area contributed by atoms with Crippen LogP contribution in [0.15, 0.2) is 42.5 Å². The van der Waals surface area contributed by atoms with E-state index in [2.05, 4.69) is 4.98 Å². The van der Waals surface area contributed by atoms with Crippen LogP contribution in [0, 0.1) is 0 Å². The smallest absolute Gasteiger partial charge is 0.416 e. The van der Waals surface area contributed by atoms with Crippen molar-refractivity contribution in [2.24, 2.45) is 0 Å². The lowest BCUT2D eigenvalue weighted by Crippen LogP contribution is -2.03. The molecule has 0 aliphatic rings. The number of rotatable bonds is 2. The molecular weight excluding hydrogens is 301 g/mol. The van der Waals surface area contributed by atoms with Gasteiger partial charge in [0.05, 0.1) is 15.8 Å². The number of halogens is 3. The van der Waals surface area contributed by atoms with Crippen molar-refractivity contribution < 1.29 is 17.9 Å². The number of hydrogen-bond acceptors (Lipinski definition) is 4. The molecular formula is C14H9F3N2OS. The van der Waals surface area contributed by atoms with Crippen LogP contribution in [0.5, 0.6) is 10.9 Å². The Labute approximate surface area is 121 Å². The highest BCUT2D eigenvalue weighted by Gasteiger charge is 2.30. The van der Waals surface area contributed by atoms with Crippen LogP contribution in [0.25, 0.3) is 10.2 Å². The number of nitrogen functional groups attached to an aromatic ring is 1. The molecule has 1 heterocycles. The minimum atomic E-state index is -4.36. The fourth-order valence-electron chi connectivity index (χ4n) is 1.78. The Morgan fingerprint density at radius 3 is 2.43 bits per heavy atom. The lowest BCUT2D eigenvalue weighted by Gasteiger charge is -2.07. The minimum absolute atomic E-state index is 0.301. The van der Waals surface area contributed by atoms with E-state index in [1.54, 1.807) is 18.2 Å². The molecule has 0 aliphatic carbocycles. The number of nitrogens with two attached hydrogens (primary N) is 1. The zero-order chi connectivity index (χ0) is 15.0. The Kier molecular flexibility index (Phi) is 3.21. The van der Waals surface area contributed by atoms with Crippen molar-refractivity contribution in [3.63, 3.8) is 0 Å². The number of thiazole rings is 1. The van der Waals surface area contributed by atoms with E-state index >= 15 is 0 Å². The van der Waals surface area contributed by atoms with Gasteiger partial charge in [-0.2, -0.15) is 13.2 Å². The van der Waals surface area contributed by atoms with E-state index in [4.69, 9.17) is 10.5 Å². The van der Waals surface area contributed by atoms with Gasteiger partial charge in [0.1, 0.15) is 5.75 Å². The van der Waals surface area contributed by atoms with Crippen molar-refractivity contribution in [1.82, 2.24) is 4.98 Å². The average Bonchev–Trinajstić information content (AvgIpc) is 2.79. The summed E-state index contributed by atoms with van der Waals surface area (Å²) in [5.41, 5.74) is 6.31. The molecule has 0 saturated heterocycles. The van der Waals surface area contributed by atoms with Crippen LogP contribution in [-0.2, 0) is 6.18 Å². The van der Waals surface area contributed by atoms with Gasteiger partial charge >= 0.3 is 6.18 Å². The molecule has 1 aromatic heterocycles. The molecule has 0 unspecified atom stereocenters. The summed E-state index contributed by atoms with van der Waals surface area (Å²) < 4.78 is 43.7. The Bertz CT molecular complexity index is 781. The average molecular weight is 310 g/mol. The topological polar surface area (TPSA) is 48.1 Å². The van der Waals surface area contributed by atoms with Gasteiger partial charge in [0.25, 0.3) is 5.19 Å². The zero-order valence-corrected chi connectivity index (χ0v) is 11.3. The molecule has 0 bridgehead atoms. The molecule has 0 aliphatic heterocycles. The van der Waals surface area contributed by atoms with Crippen LogP contribution < -0.4 is 10.5 Å². The number of fused-ring (bicyclic) bond motifs is 1. The summed E-state index contributed by atoms with van der Waals surface area (Å²) in [5.74, 6) is 0.301. The van der Waals surface area contributed by atoms with Crippen LogP contribution in [0.2, 0.25) is 0 Å². The molecule has 0 atom stereocenters. The third-order valence-corrected chi connectivity index (χ3v) is 3.68. The summed E-state index contributed by atoms with van der Waals surface area (Å²) in [6.07, 6.45) is -4.36. The number of alkyl halides is 3. The van der Waals surface area contributed by atoms with Crippen molar-refractivity contribution in [3.05, 3.63) is 48.0 Å². The lowest BCUT2D eigenvalue weighted by molar-refractivity contribution is -0.137. The molecule has 7 heteroatoms. The summed E-state index contributed by atoms with van der Waals surface area (Å²) in [6, 6.07) is 9.74. The number of ether oxygens (including phenoxy) is 1. The highest BCUT2D eigenvalue weighted by Crippen LogP contribution is 2.34. The number of aromatic nitrogens is 1. The Morgan fingerprint density at radius 1 is 1.05 bits per heavy atom. The molecule has 0 saturated carbocycles. The maximum atomic E-state index is 12.5. The standard InChI is InChI=1S/C14H9F3N2OS/c15-14(16,17)8-1-4-10(5-2-8)20-13-19-11-6-3-9(18)7-12(11)21-13/h1-7H,18H2. The summed E-state index contributed by atoms with van der Waals surface area (Å²) in [4.78, 5) is 4.24. The van der Waals surface area contributed by atoms with E-state index < -0.39 is 11.7 Å². The Morgan fingerprint density at radius 2 is 1.76 bits per heavy atom. The maximum Gasteiger partial charge on any atom is 0.416 e. The second-order valence-corrected chi connectivity index (χ2v) is 5.32. The molecule has 3 aromatic rings. The van der Waals surface area contributed by atoms with Crippen LogP contribution in [0.3, 0.4) is 0 Å². The van der Waals surface area contributed by atoms with Crippen molar-refractivity contribution in [2.45, 2.75) is 6.18 Å². The van der Waals surface area contributed by atoms with Crippen LogP contribution in [-0.4, -0.2) is 4.98 Å². The molecule has 0 radical (unpaired) electrons. The first-order chi connectivity index (χ1) is 9.91. The molecule has 2 aromatic carbocycles. The van der Waals surface area contributed by atoms with Crippen molar-refractivity contribution >= 4 is 27.2 Å². The van der Waals surface area contributed by atoms with Gasteiger partial charge in [-0.15, -0.1) is 0 Å². The van der Waals surface area contributed by atoms with E-state index in [9.17, 15) is 13.2 Å². The SMILES string of the molecule is Nc1ccc2nc(Oc3ccc(C(F)(F)F)cc3)sc2c1. The third kappa shape index (κ3) is 2.92. The number of nitrogens with zero attached hydrogens (tertiary/aromatic N) is 1. The van der Waals surface area contributed by atoms with E-state index in [0.29, 0.717) is 16.6 Å². The molecule has 108 valence electrons. The highest BCUT2D eigenvalue weighted by atomic mass is 32.1. The fourth-order valence-corrected chi connectivity index (χ4v) is 2.66. The Hall–Kier alpha value is -2.28.